The molecule has 128 valence electrons. The first-order chi connectivity index (χ1) is 12.0. The maximum atomic E-state index is 12.9. The van der Waals surface area contributed by atoms with Crippen LogP contribution >= 0.6 is 0 Å². The Balaban J connectivity index is 2.10. The van der Waals surface area contributed by atoms with Gasteiger partial charge in [-0.1, -0.05) is 30.3 Å². The molecule has 2 aliphatic rings. The van der Waals surface area contributed by atoms with E-state index in [4.69, 9.17) is 0 Å². The van der Waals surface area contributed by atoms with Crippen LogP contribution < -0.4 is 16.6 Å². The summed E-state index contributed by atoms with van der Waals surface area (Å²) in [5, 5.41) is 3.21. The van der Waals surface area contributed by atoms with E-state index in [1.807, 2.05) is 30.3 Å². The van der Waals surface area contributed by atoms with Crippen LogP contribution in [0.3, 0.4) is 0 Å². The number of aromatic nitrogens is 2. The number of rotatable bonds is 1. The van der Waals surface area contributed by atoms with E-state index in [0.29, 0.717) is 23.4 Å². The molecule has 0 fully saturated rings. The van der Waals surface area contributed by atoms with Gasteiger partial charge in [-0.05, 0) is 18.4 Å². The third-order valence-corrected chi connectivity index (χ3v) is 5.14. The zero-order valence-electron chi connectivity index (χ0n) is 14.2. The minimum atomic E-state index is -0.439. The van der Waals surface area contributed by atoms with Crippen molar-refractivity contribution in [3.05, 3.63) is 73.6 Å². The number of carbonyl (C=O) groups is 1. The quantitative estimate of drug-likeness (QED) is 0.859. The second-order valence-corrected chi connectivity index (χ2v) is 6.61. The molecule has 0 unspecified atom stereocenters. The van der Waals surface area contributed by atoms with Gasteiger partial charge >= 0.3 is 5.69 Å². The maximum Gasteiger partial charge on any atom is 0.332 e. The molecule has 0 bridgehead atoms. The molecule has 1 aromatic carbocycles. The van der Waals surface area contributed by atoms with Crippen LogP contribution in [-0.4, -0.2) is 14.9 Å². The number of Topliss-reactive ketones (excluding diaryl/α,β-unsaturated/α-hetero) is 1. The number of anilines is 1. The van der Waals surface area contributed by atoms with Gasteiger partial charge in [-0.15, -0.1) is 0 Å². The lowest BCUT2D eigenvalue weighted by Crippen LogP contribution is -2.44. The number of ketones is 1. The molecule has 1 aliphatic carbocycles. The van der Waals surface area contributed by atoms with Gasteiger partial charge in [0.15, 0.2) is 5.78 Å². The molecule has 1 N–H and O–H groups in total. The van der Waals surface area contributed by atoms with E-state index in [-0.39, 0.29) is 17.0 Å². The second-order valence-electron chi connectivity index (χ2n) is 6.61. The Kier molecular flexibility index (Phi) is 3.49. The molecular formula is C19H19N3O3. The molecule has 2 aromatic rings. The van der Waals surface area contributed by atoms with E-state index in [9.17, 15) is 14.4 Å². The van der Waals surface area contributed by atoms with Crippen molar-refractivity contribution in [2.75, 3.05) is 5.32 Å². The molecule has 0 spiro atoms. The monoisotopic (exact) mass is 337 g/mol. The molecule has 6 nitrogen and oxygen atoms in total. The number of carbonyl (C=O) groups excluding carboxylic acids is 1. The number of hydrogen-bond acceptors (Lipinski definition) is 4. The molecular weight excluding hydrogens is 318 g/mol. The van der Waals surface area contributed by atoms with E-state index >= 15 is 0 Å². The third kappa shape index (κ3) is 2.21. The van der Waals surface area contributed by atoms with E-state index < -0.39 is 5.92 Å². The largest absolute Gasteiger partial charge is 0.344 e. The Hall–Kier alpha value is -2.89. The van der Waals surface area contributed by atoms with E-state index in [1.54, 1.807) is 7.05 Å². The number of allylic oxidation sites excluding steroid dienone is 2. The molecule has 6 heteroatoms. The molecule has 0 radical (unpaired) electrons. The highest BCUT2D eigenvalue weighted by Crippen LogP contribution is 2.43. The van der Waals surface area contributed by atoms with Crippen molar-refractivity contribution < 1.29 is 4.79 Å². The minimum absolute atomic E-state index is 0.0733. The predicted molar refractivity (Wildman–Crippen MR) is 94.7 cm³/mol. The first kappa shape index (κ1) is 15.6. The van der Waals surface area contributed by atoms with Gasteiger partial charge in [0.25, 0.3) is 5.56 Å². The fourth-order valence-corrected chi connectivity index (χ4v) is 3.88. The lowest BCUT2D eigenvalue weighted by atomic mass is 9.76. The van der Waals surface area contributed by atoms with Gasteiger partial charge < -0.3 is 5.32 Å². The number of hydrogen-bond donors (Lipinski definition) is 1. The van der Waals surface area contributed by atoms with E-state index in [1.165, 1.54) is 11.6 Å². The Morgan fingerprint density at radius 1 is 1.00 bits per heavy atom. The van der Waals surface area contributed by atoms with Crippen LogP contribution in [0.5, 0.6) is 0 Å². The Bertz CT molecular complexity index is 1030. The van der Waals surface area contributed by atoms with Crippen LogP contribution in [0.25, 0.3) is 0 Å². The van der Waals surface area contributed by atoms with Crippen LogP contribution in [0, 0.1) is 0 Å². The number of nitrogens with zero attached hydrogens (tertiary/aromatic N) is 2. The highest BCUT2D eigenvalue weighted by atomic mass is 16.2. The van der Waals surface area contributed by atoms with Gasteiger partial charge in [-0.2, -0.15) is 0 Å². The fourth-order valence-electron chi connectivity index (χ4n) is 3.88. The van der Waals surface area contributed by atoms with Gasteiger partial charge in [0, 0.05) is 37.7 Å². The van der Waals surface area contributed by atoms with Crippen LogP contribution in [0.2, 0.25) is 0 Å². The SMILES string of the molecule is Cn1c2c(c(=O)n(C)c1=O)[C@H](c1ccccc1)C1=C(CCCC1=O)N2. The molecule has 0 saturated carbocycles. The van der Waals surface area contributed by atoms with Crippen LogP contribution in [-0.2, 0) is 18.9 Å². The Morgan fingerprint density at radius 3 is 2.44 bits per heavy atom. The highest BCUT2D eigenvalue weighted by Gasteiger charge is 2.38. The lowest BCUT2D eigenvalue weighted by Gasteiger charge is -2.34. The van der Waals surface area contributed by atoms with Crippen LogP contribution in [0.4, 0.5) is 5.82 Å². The summed E-state index contributed by atoms with van der Waals surface area (Å²) in [6, 6.07) is 9.56. The molecule has 2 heterocycles. The molecule has 25 heavy (non-hydrogen) atoms. The summed E-state index contributed by atoms with van der Waals surface area (Å²) in [5.74, 6) is 0.130. The summed E-state index contributed by atoms with van der Waals surface area (Å²) in [7, 11) is 3.12. The van der Waals surface area contributed by atoms with Gasteiger partial charge in [0.1, 0.15) is 5.82 Å². The summed E-state index contributed by atoms with van der Waals surface area (Å²) in [5.41, 5.74) is 2.12. The zero-order valence-corrected chi connectivity index (χ0v) is 14.2. The first-order valence-corrected chi connectivity index (χ1v) is 8.39. The van der Waals surface area contributed by atoms with Crippen molar-refractivity contribution in [2.45, 2.75) is 25.2 Å². The zero-order chi connectivity index (χ0) is 17.7. The summed E-state index contributed by atoms with van der Waals surface area (Å²) in [6.07, 6.45) is 2.01. The van der Waals surface area contributed by atoms with Crippen LogP contribution in [0.15, 0.2) is 51.2 Å². The van der Waals surface area contributed by atoms with Crippen molar-refractivity contribution in [1.82, 2.24) is 9.13 Å². The van der Waals surface area contributed by atoms with Gasteiger partial charge in [-0.3, -0.25) is 18.7 Å². The average Bonchev–Trinajstić information content (AvgIpc) is 2.64. The summed E-state index contributed by atoms with van der Waals surface area (Å²) in [6.45, 7) is 0. The molecule has 0 saturated heterocycles. The number of fused-ring (bicyclic) bond motifs is 1. The molecule has 0 amide bonds. The minimum Gasteiger partial charge on any atom is -0.344 e. The normalized spacial score (nSPS) is 19.3. The number of benzene rings is 1. The van der Waals surface area contributed by atoms with Crippen molar-refractivity contribution in [2.24, 2.45) is 14.1 Å². The first-order valence-electron chi connectivity index (χ1n) is 8.39. The number of nitrogens with one attached hydrogen (secondary N) is 1. The predicted octanol–water partition coefficient (Wildman–Crippen LogP) is 1.65. The van der Waals surface area contributed by atoms with Gasteiger partial charge in [0.05, 0.1) is 5.56 Å². The second kappa shape index (κ2) is 5.58. The van der Waals surface area contributed by atoms with Crippen molar-refractivity contribution in [3.8, 4) is 0 Å². The Labute approximate surface area is 144 Å². The molecule has 1 aromatic heterocycles. The smallest absolute Gasteiger partial charge is 0.332 e. The lowest BCUT2D eigenvalue weighted by molar-refractivity contribution is -0.116. The van der Waals surface area contributed by atoms with Crippen molar-refractivity contribution in [1.29, 1.82) is 0 Å². The molecule has 1 aliphatic heterocycles. The fraction of sp³-hybridized carbons (Fsp3) is 0.316. The summed E-state index contributed by atoms with van der Waals surface area (Å²) in [4.78, 5) is 38.0. The molecule has 1 atom stereocenters. The standard InChI is InChI=1S/C19H19N3O3/c1-21-17-16(18(24)22(2)19(21)25)14(11-7-4-3-5-8-11)15-12(20-17)9-6-10-13(15)23/h3-5,7-8,14,20H,6,9-10H2,1-2H3/t14-/m1/s1. The van der Waals surface area contributed by atoms with Crippen molar-refractivity contribution in [3.63, 3.8) is 0 Å². The highest BCUT2D eigenvalue weighted by molar-refractivity contribution is 6.00. The Morgan fingerprint density at radius 2 is 1.72 bits per heavy atom. The molecule has 4 rings (SSSR count). The van der Waals surface area contributed by atoms with Gasteiger partial charge in [-0.25, -0.2) is 4.79 Å². The van der Waals surface area contributed by atoms with Gasteiger partial charge in [0.2, 0.25) is 0 Å². The third-order valence-electron chi connectivity index (χ3n) is 5.14. The summed E-state index contributed by atoms with van der Waals surface area (Å²) >= 11 is 0. The van der Waals surface area contributed by atoms with Crippen molar-refractivity contribution >= 4 is 11.6 Å². The topological polar surface area (TPSA) is 73.1 Å². The average molecular weight is 337 g/mol. The summed E-state index contributed by atoms with van der Waals surface area (Å²) < 4.78 is 2.56. The maximum absolute atomic E-state index is 12.9. The van der Waals surface area contributed by atoms with E-state index in [0.717, 1.165) is 28.7 Å². The van der Waals surface area contributed by atoms with Crippen LogP contribution in [0.1, 0.15) is 36.3 Å². The van der Waals surface area contributed by atoms with E-state index in [2.05, 4.69) is 5.32 Å².